The van der Waals surface area contributed by atoms with Crippen LogP contribution in [0.5, 0.6) is 5.75 Å². The maximum Gasteiger partial charge on any atom is 0.237 e. The number of hydrogen-bond acceptors (Lipinski definition) is 3. The van der Waals surface area contributed by atoms with Crippen LogP contribution in [0.2, 0.25) is 0 Å². The summed E-state index contributed by atoms with van der Waals surface area (Å²) in [5, 5.41) is 12.2. The molecule has 4 heteroatoms. The first-order valence-corrected chi connectivity index (χ1v) is 7.87. The summed E-state index contributed by atoms with van der Waals surface area (Å²) >= 11 is 0. The molecule has 0 saturated heterocycles. The molecule has 0 spiro atoms. The van der Waals surface area contributed by atoms with Crippen LogP contribution in [0.25, 0.3) is 0 Å². The summed E-state index contributed by atoms with van der Waals surface area (Å²) in [5.41, 5.74) is 6.92. The number of phenols is 1. The van der Waals surface area contributed by atoms with Gasteiger partial charge in [0.15, 0.2) is 0 Å². The van der Waals surface area contributed by atoms with E-state index in [0.717, 1.165) is 12.1 Å². The average molecular weight is 290 g/mol. The summed E-state index contributed by atoms with van der Waals surface area (Å²) in [4.78, 5) is 12.1. The highest BCUT2D eigenvalue weighted by Gasteiger charge is 2.22. The predicted molar refractivity (Wildman–Crippen MR) is 83.9 cm³/mol. The quantitative estimate of drug-likeness (QED) is 0.778. The van der Waals surface area contributed by atoms with Gasteiger partial charge in [-0.05, 0) is 42.4 Å². The van der Waals surface area contributed by atoms with Crippen molar-refractivity contribution < 1.29 is 9.90 Å². The zero-order chi connectivity index (χ0) is 15.2. The number of amides is 1. The molecular formula is C17H26N2O2. The van der Waals surface area contributed by atoms with E-state index < -0.39 is 6.04 Å². The van der Waals surface area contributed by atoms with E-state index in [2.05, 4.69) is 12.2 Å². The molecule has 3 unspecified atom stereocenters. The summed E-state index contributed by atoms with van der Waals surface area (Å²) in [6, 6.07) is 6.29. The van der Waals surface area contributed by atoms with Crippen LogP contribution in [-0.2, 0) is 11.2 Å². The van der Waals surface area contributed by atoms with Crippen LogP contribution in [0.15, 0.2) is 24.3 Å². The second-order valence-electron chi connectivity index (χ2n) is 6.24. The minimum absolute atomic E-state index is 0.0825. The maximum absolute atomic E-state index is 12.1. The Bertz CT molecular complexity index is 458. The van der Waals surface area contributed by atoms with E-state index >= 15 is 0 Å². The fourth-order valence-corrected chi connectivity index (χ4v) is 3.04. The van der Waals surface area contributed by atoms with Gasteiger partial charge < -0.3 is 16.2 Å². The third-order valence-electron chi connectivity index (χ3n) is 4.56. The van der Waals surface area contributed by atoms with Crippen molar-refractivity contribution in [2.75, 3.05) is 6.54 Å². The largest absolute Gasteiger partial charge is 0.508 e. The molecule has 0 bridgehead atoms. The molecule has 4 nitrogen and oxygen atoms in total. The second-order valence-corrected chi connectivity index (χ2v) is 6.24. The van der Waals surface area contributed by atoms with Gasteiger partial charge in [-0.2, -0.15) is 0 Å². The highest BCUT2D eigenvalue weighted by molar-refractivity contribution is 5.81. The van der Waals surface area contributed by atoms with Crippen LogP contribution >= 0.6 is 0 Å². The standard InChI is InChI=1S/C17H26N2O2/c1-12-4-2-3-5-14(12)11-19-17(21)16(18)10-13-6-8-15(20)9-7-13/h6-9,12,14,16,20H,2-5,10-11,18H2,1H3,(H,19,21). The first kappa shape index (κ1) is 15.8. The molecule has 1 saturated carbocycles. The lowest BCUT2D eigenvalue weighted by Gasteiger charge is -2.29. The van der Waals surface area contributed by atoms with E-state index in [4.69, 9.17) is 5.73 Å². The lowest BCUT2D eigenvalue weighted by Crippen LogP contribution is -2.44. The molecule has 3 atom stereocenters. The minimum atomic E-state index is -0.534. The Balaban J connectivity index is 1.78. The van der Waals surface area contributed by atoms with Gasteiger partial charge in [-0.15, -0.1) is 0 Å². The van der Waals surface area contributed by atoms with Crippen LogP contribution in [0.3, 0.4) is 0 Å². The van der Waals surface area contributed by atoms with E-state index in [1.807, 2.05) is 0 Å². The smallest absolute Gasteiger partial charge is 0.237 e. The van der Waals surface area contributed by atoms with Crippen LogP contribution in [0.4, 0.5) is 0 Å². The van der Waals surface area contributed by atoms with Gasteiger partial charge in [0.05, 0.1) is 6.04 Å². The Morgan fingerprint density at radius 3 is 2.67 bits per heavy atom. The number of aromatic hydroxyl groups is 1. The Morgan fingerprint density at radius 1 is 1.33 bits per heavy atom. The minimum Gasteiger partial charge on any atom is -0.508 e. The molecule has 1 aromatic carbocycles. The lowest BCUT2D eigenvalue weighted by molar-refractivity contribution is -0.122. The molecular weight excluding hydrogens is 264 g/mol. The van der Waals surface area contributed by atoms with Gasteiger partial charge in [0.25, 0.3) is 0 Å². The number of nitrogens with one attached hydrogen (secondary N) is 1. The summed E-state index contributed by atoms with van der Waals surface area (Å²) in [6.07, 6.45) is 5.54. The third-order valence-corrected chi connectivity index (χ3v) is 4.56. The van der Waals surface area contributed by atoms with Crippen LogP contribution < -0.4 is 11.1 Å². The second kappa shape index (κ2) is 7.46. The maximum atomic E-state index is 12.1. The first-order valence-electron chi connectivity index (χ1n) is 7.87. The fraction of sp³-hybridized carbons (Fsp3) is 0.588. The molecule has 2 rings (SSSR count). The van der Waals surface area contributed by atoms with Gasteiger partial charge in [-0.3, -0.25) is 4.79 Å². The number of rotatable bonds is 5. The molecule has 116 valence electrons. The number of nitrogens with two attached hydrogens (primary N) is 1. The van der Waals surface area contributed by atoms with Crippen molar-refractivity contribution in [3.05, 3.63) is 29.8 Å². The predicted octanol–water partition coefficient (Wildman–Crippen LogP) is 2.20. The molecule has 1 aromatic rings. The zero-order valence-corrected chi connectivity index (χ0v) is 12.7. The summed E-state index contributed by atoms with van der Waals surface area (Å²) in [6.45, 7) is 3.01. The molecule has 1 amide bonds. The molecule has 0 radical (unpaired) electrons. The highest BCUT2D eigenvalue weighted by Crippen LogP contribution is 2.28. The van der Waals surface area contributed by atoms with Crippen molar-refractivity contribution in [1.82, 2.24) is 5.32 Å². The molecule has 0 aliphatic heterocycles. The first-order chi connectivity index (χ1) is 10.1. The van der Waals surface area contributed by atoms with E-state index in [1.165, 1.54) is 25.7 Å². The van der Waals surface area contributed by atoms with Gasteiger partial charge in [0.1, 0.15) is 5.75 Å². The van der Waals surface area contributed by atoms with Crippen molar-refractivity contribution in [3.8, 4) is 5.75 Å². The highest BCUT2D eigenvalue weighted by atomic mass is 16.3. The average Bonchev–Trinajstić information content (AvgIpc) is 2.48. The van der Waals surface area contributed by atoms with E-state index in [9.17, 15) is 9.90 Å². The number of benzene rings is 1. The number of carbonyl (C=O) groups is 1. The molecule has 1 aliphatic rings. The van der Waals surface area contributed by atoms with Gasteiger partial charge >= 0.3 is 0 Å². The van der Waals surface area contributed by atoms with E-state index in [1.54, 1.807) is 24.3 Å². The van der Waals surface area contributed by atoms with Crippen molar-refractivity contribution in [2.45, 2.75) is 45.1 Å². The number of carbonyl (C=O) groups excluding carboxylic acids is 1. The van der Waals surface area contributed by atoms with Crippen molar-refractivity contribution in [3.63, 3.8) is 0 Å². The Labute approximate surface area is 126 Å². The lowest BCUT2D eigenvalue weighted by atomic mass is 9.80. The Morgan fingerprint density at radius 2 is 2.00 bits per heavy atom. The topological polar surface area (TPSA) is 75.4 Å². The van der Waals surface area contributed by atoms with Crippen molar-refractivity contribution >= 4 is 5.91 Å². The van der Waals surface area contributed by atoms with E-state index in [0.29, 0.717) is 18.3 Å². The fourth-order valence-electron chi connectivity index (χ4n) is 3.04. The molecule has 21 heavy (non-hydrogen) atoms. The Hall–Kier alpha value is -1.55. The summed E-state index contributed by atoms with van der Waals surface area (Å²) in [5.74, 6) is 1.42. The third kappa shape index (κ3) is 4.74. The molecule has 0 aromatic heterocycles. The van der Waals surface area contributed by atoms with Crippen LogP contribution in [0.1, 0.15) is 38.2 Å². The molecule has 4 N–H and O–H groups in total. The number of hydrogen-bond donors (Lipinski definition) is 3. The van der Waals surface area contributed by atoms with Crippen molar-refractivity contribution in [2.24, 2.45) is 17.6 Å². The summed E-state index contributed by atoms with van der Waals surface area (Å²) < 4.78 is 0. The Kier molecular flexibility index (Phi) is 5.62. The SMILES string of the molecule is CC1CCCCC1CNC(=O)C(N)Cc1ccc(O)cc1. The van der Waals surface area contributed by atoms with Crippen molar-refractivity contribution in [1.29, 1.82) is 0 Å². The molecule has 0 heterocycles. The van der Waals surface area contributed by atoms with Gasteiger partial charge in [-0.1, -0.05) is 38.3 Å². The van der Waals surface area contributed by atoms with Gasteiger partial charge in [-0.25, -0.2) is 0 Å². The number of phenolic OH excluding ortho intramolecular Hbond substituents is 1. The zero-order valence-electron chi connectivity index (χ0n) is 12.7. The van der Waals surface area contributed by atoms with Crippen LogP contribution in [-0.4, -0.2) is 23.6 Å². The van der Waals surface area contributed by atoms with Crippen LogP contribution in [0, 0.1) is 11.8 Å². The van der Waals surface area contributed by atoms with Gasteiger partial charge in [0, 0.05) is 6.54 Å². The molecule has 1 fully saturated rings. The molecule has 1 aliphatic carbocycles. The van der Waals surface area contributed by atoms with Gasteiger partial charge in [0.2, 0.25) is 5.91 Å². The summed E-state index contributed by atoms with van der Waals surface area (Å²) in [7, 11) is 0. The normalized spacial score (nSPS) is 23.5. The van der Waals surface area contributed by atoms with E-state index in [-0.39, 0.29) is 11.7 Å². The monoisotopic (exact) mass is 290 g/mol.